The predicted molar refractivity (Wildman–Crippen MR) is 77.2 cm³/mol. The maximum atomic E-state index is 3.72. The van der Waals surface area contributed by atoms with Crippen LogP contribution in [0.1, 0.15) is 31.7 Å². The Kier molecular flexibility index (Phi) is 3.55. The molecule has 1 atom stereocenters. The normalized spacial score (nSPS) is 24.9. The molecule has 0 amide bonds. The van der Waals surface area contributed by atoms with E-state index >= 15 is 0 Å². The number of rotatable bonds is 3. The van der Waals surface area contributed by atoms with Crippen molar-refractivity contribution >= 4 is 5.69 Å². The average Bonchev–Trinajstić information content (AvgIpc) is 3.24. The van der Waals surface area contributed by atoms with Crippen LogP contribution in [0.2, 0.25) is 0 Å². The highest BCUT2D eigenvalue weighted by Crippen LogP contribution is 2.34. The Morgan fingerprint density at radius 3 is 2.67 bits per heavy atom. The molecule has 1 aliphatic carbocycles. The highest BCUT2D eigenvalue weighted by Gasteiger charge is 2.33. The number of nitrogens with zero attached hydrogens (tertiary/aromatic N) is 1. The van der Waals surface area contributed by atoms with Crippen LogP contribution in [-0.4, -0.2) is 25.7 Å². The van der Waals surface area contributed by atoms with Crippen LogP contribution >= 0.6 is 0 Å². The molecular weight excluding hydrogens is 220 g/mol. The summed E-state index contributed by atoms with van der Waals surface area (Å²) in [5.74, 6) is 0.945. The molecule has 1 heterocycles. The Balaban J connectivity index is 1.71. The first-order valence-electron chi connectivity index (χ1n) is 7.44. The second-order valence-corrected chi connectivity index (χ2v) is 5.72. The molecule has 98 valence electrons. The van der Waals surface area contributed by atoms with Crippen LogP contribution in [0.15, 0.2) is 24.3 Å². The van der Waals surface area contributed by atoms with Crippen molar-refractivity contribution in [3.63, 3.8) is 0 Å². The van der Waals surface area contributed by atoms with Crippen molar-refractivity contribution in [2.45, 2.75) is 38.6 Å². The molecule has 1 N–H and O–H groups in total. The molecule has 2 heteroatoms. The molecule has 0 aromatic heterocycles. The lowest BCUT2D eigenvalue weighted by atomic mass is 10.1. The number of hydrogen-bond donors (Lipinski definition) is 1. The minimum Gasteiger partial charge on any atom is -0.370 e. The molecule has 0 radical (unpaired) electrons. The van der Waals surface area contributed by atoms with Gasteiger partial charge in [0, 0.05) is 24.8 Å². The molecule has 1 aliphatic heterocycles. The predicted octanol–water partition coefficient (Wildman–Crippen LogP) is 2.83. The molecule has 1 saturated carbocycles. The molecule has 0 spiro atoms. The summed E-state index contributed by atoms with van der Waals surface area (Å²) in [7, 11) is 0. The van der Waals surface area contributed by atoms with E-state index in [9.17, 15) is 0 Å². The zero-order valence-electron chi connectivity index (χ0n) is 11.4. The molecule has 18 heavy (non-hydrogen) atoms. The molecule has 1 unspecified atom stereocenters. The minimum atomic E-state index is 0.721. The van der Waals surface area contributed by atoms with Gasteiger partial charge in [-0.3, -0.25) is 0 Å². The van der Waals surface area contributed by atoms with Crippen molar-refractivity contribution < 1.29 is 0 Å². The summed E-state index contributed by atoms with van der Waals surface area (Å²) in [5, 5.41) is 3.72. The van der Waals surface area contributed by atoms with Crippen LogP contribution in [0.3, 0.4) is 0 Å². The van der Waals surface area contributed by atoms with Crippen LogP contribution in [0.5, 0.6) is 0 Å². The molecule has 1 aromatic rings. The number of hydrogen-bond acceptors (Lipinski definition) is 2. The monoisotopic (exact) mass is 244 g/mol. The van der Waals surface area contributed by atoms with E-state index in [0.717, 1.165) is 18.4 Å². The van der Waals surface area contributed by atoms with E-state index in [1.165, 1.54) is 50.1 Å². The van der Waals surface area contributed by atoms with Crippen molar-refractivity contribution in [1.82, 2.24) is 5.32 Å². The number of benzene rings is 1. The summed E-state index contributed by atoms with van der Waals surface area (Å²) in [6.45, 7) is 5.79. The van der Waals surface area contributed by atoms with Gasteiger partial charge in [0.05, 0.1) is 0 Å². The highest BCUT2D eigenvalue weighted by molar-refractivity contribution is 5.48. The Bertz CT molecular complexity index is 381. The summed E-state index contributed by atoms with van der Waals surface area (Å²) in [6.07, 6.45) is 5.26. The molecule has 1 saturated heterocycles. The van der Waals surface area contributed by atoms with E-state index in [1.54, 1.807) is 0 Å². The van der Waals surface area contributed by atoms with Gasteiger partial charge < -0.3 is 10.2 Å². The molecule has 2 fully saturated rings. The molecule has 1 aromatic carbocycles. The number of anilines is 1. The van der Waals surface area contributed by atoms with Gasteiger partial charge in [-0.2, -0.15) is 0 Å². The van der Waals surface area contributed by atoms with Crippen LogP contribution < -0.4 is 10.2 Å². The third-order valence-corrected chi connectivity index (χ3v) is 4.33. The third kappa shape index (κ3) is 2.69. The number of nitrogens with one attached hydrogen (secondary N) is 1. The summed E-state index contributed by atoms with van der Waals surface area (Å²) in [6, 6.07) is 9.88. The molecule has 2 nitrogen and oxygen atoms in total. The van der Waals surface area contributed by atoms with Gasteiger partial charge in [0.25, 0.3) is 0 Å². The molecule has 2 aliphatic rings. The van der Waals surface area contributed by atoms with Crippen molar-refractivity contribution in [3.8, 4) is 0 Å². The van der Waals surface area contributed by atoms with E-state index < -0.39 is 0 Å². The van der Waals surface area contributed by atoms with Gasteiger partial charge in [-0.1, -0.05) is 19.1 Å². The maximum Gasteiger partial charge on any atom is 0.0366 e. The van der Waals surface area contributed by atoms with Crippen LogP contribution in [0.4, 0.5) is 5.69 Å². The van der Waals surface area contributed by atoms with E-state index in [4.69, 9.17) is 0 Å². The first-order chi connectivity index (χ1) is 8.86. The standard InChI is InChI=1S/C16H24N2/c1-2-13-4-8-15(9-5-13)18-11-3-10-17-16(12-18)14-6-7-14/h4-5,8-9,14,16-17H,2-3,6-7,10-12H2,1H3. The van der Waals surface area contributed by atoms with E-state index in [1.807, 2.05) is 0 Å². The van der Waals surface area contributed by atoms with Crippen LogP contribution in [0, 0.1) is 5.92 Å². The molecular formula is C16H24N2. The Morgan fingerprint density at radius 1 is 1.22 bits per heavy atom. The second-order valence-electron chi connectivity index (χ2n) is 5.72. The van der Waals surface area contributed by atoms with E-state index in [0.29, 0.717) is 0 Å². The van der Waals surface area contributed by atoms with E-state index in [-0.39, 0.29) is 0 Å². The van der Waals surface area contributed by atoms with Gasteiger partial charge in [0.1, 0.15) is 0 Å². The summed E-state index contributed by atoms with van der Waals surface area (Å²) >= 11 is 0. The fourth-order valence-corrected chi connectivity index (χ4v) is 2.94. The van der Waals surface area contributed by atoms with Gasteiger partial charge in [-0.05, 0) is 55.8 Å². The Morgan fingerprint density at radius 2 is 2.00 bits per heavy atom. The van der Waals surface area contributed by atoms with Crippen molar-refractivity contribution in [2.24, 2.45) is 5.92 Å². The lowest BCUT2D eigenvalue weighted by Crippen LogP contribution is -2.39. The number of aryl methyl sites for hydroxylation is 1. The third-order valence-electron chi connectivity index (χ3n) is 4.33. The van der Waals surface area contributed by atoms with Crippen molar-refractivity contribution in [1.29, 1.82) is 0 Å². The first kappa shape index (κ1) is 12.0. The van der Waals surface area contributed by atoms with Gasteiger partial charge in [-0.15, -0.1) is 0 Å². The zero-order valence-corrected chi connectivity index (χ0v) is 11.4. The summed E-state index contributed by atoms with van der Waals surface area (Å²) < 4.78 is 0. The molecule has 0 bridgehead atoms. The average molecular weight is 244 g/mol. The van der Waals surface area contributed by atoms with Crippen LogP contribution in [0.25, 0.3) is 0 Å². The topological polar surface area (TPSA) is 15.3 Å². The highest BCUT2D eigenvalue weighted by atomic mass is 15.2. The Hall–Kier alpha value is -1.02. The SMILES string of the molecule is CCc1ccc(N2CCCNC(C3CC3)C2)cc1. The second kappa shape index (κ2) is 5.31. The Labute approximate surface area is 110 Å². The van der Waals surface area contributed by atoms with Crippen molar-refractivity contribution in [3.05, 3.63) is 29.8 Å². The zero-order chi connectivity index (χ0) is 12.4. The van der Waals surface area contributed by atoms with Crippen molar-refractivity contribution in [2.75, 3.05) is 24.5 Å². The maximum absolute atomic E-state index is 3.72. The lowest BCUT2D eigenvalue weighted by Gasteiger charge is -2.26. The van der Waals surface area contributed by atoms with E-state index in [2.05, 4.69) is 41.4 Å². The van der Waals surface area contributed by atoms with Gasteiger partial charge >= 0.3 is 0 Å². The minimum absolute atomic E-state index is 0.721. The summed E-state index contributed by atoms with van der Waals surface area (Å²) in [4.78, 5) is 2.57. The van der Waals surface area contributed by atoms with Gasteiger partial charge in [-0.25, -0.2) is 0 Å². The van der Waals surface area contributed by atoms with Crippen LogP contribution in [-0.2, 0) is 6.42 Å². The smallest absolute Gasteiger partial charge is 0.0366 e. The largest absolute Gasteiger partial charge is 0.370 e. The van der Waals surface area contributed by atoms with Gasteiger partial charge in [0.15, 0.2) is 0 Å². The quantitative estimate of drug-likeness (QED) is 0.879. The first-order valence-corrected chi connectivity index (χ1v) is 7.44. The fraction of sp³-hybridized carbons (Fsp3) is 0.625. The fourth-order valence-electron chi connectivity index (χ4n) is 2.94. The van der Waals surface area contributed by atoms with Gasteiger partial charge in [0.2, 0.25) is 0 Å². The lowest BCUT2D eigenvalue weighted by molar-refractivity contribution is 0.490. The summed E-state index contributed by atoms with van der Waals surface area (Å²) in [5.41, 5.74) is 2.84. The molecule has 3 rings (SSSR count).